The van der Waals surface area contributed by atoms with E-state index in [4.69, 9.17) is 0 Å². The maximum absolute atomic E-state index is 13.7. The van der Waals surface area contributed by atoms with Gasteiger partial charge in [0.05, 0.1) is 22.7 Å². The van der Waals surface area contributed by atoms with E-state index < -0.39 is 15.3 Å². The van der Waals surface area contributed by atoms with E-state index in [9.17, 15) is 13.2 Å². The highest BCUT2D eigenvalue weighted by atomic mass is 32.2. The molecular weight excluding hydrogens is 448 g/mol. The topological polar surface area (TPSA) is 97.0 Å². The quantitative estimate of drug-likeness (QED) is 0.521. The zero-order chi connectivity index (χ0) is 22.7. The largest absolute Gasteiger partial charge is 0.322 e. The molecule has 2 aliphatic carbocycles. The number of hydrogen-bond acceptors (Lipinski definition) is 7. The van der Waals surface area contributed by atoms with E-state index in [2.05, 4.69) is 39.3 Å². The number of piperidine rings is 1. The van der Waals surface area contributed by atoms with Gasteiger partial charge in [-0.15, -0.1) is 11.8 Å². The number of nitrogens with zero attached hydrogens (tertiary/aromatic N) is 3. The lowest BCUT2D eigenvalue weighted by atomic mass is 9.89. The Kier molecular flexibility index (Phi) is 6.20. The molecule has 2 amide bonds. The molecule has 5 rings (SSSR count). The second-order valence-corrected chi connectivity index (χ2v) is 14.2. The van der Waals surface area contributed by atoms with E-state index in [1.165, 1.54) is 6.42 Å². The molecule has 0 radical (unpaired) electrons. The van der Waals surface area contributed by atoms with E-state index in [1.54, 1.807) is 11.8 Å². The first-order valence-corrected chi connectivity index (χ1v) is 14.6. The number of nitrogens with one attached hydrogen (secondary N) is 3. The molecule has 0 aromatic carbocycles. The first kappa shape index (κ1) is 23.2. The fourth-order valence-electron chi connectivity index (χ4n) is 5.96. The first-order chi connectivity index (χ1) is 15.2. The molecule has 0 aromatic heterocycles. The van der Waals surface area contributed by atoms with Crippen LogP contribution >= 0.6 is 11.8 Å². The number of amides is 2. The highest BCUT2D eigenvalue weighted by Crippen LogP contribution is 2.42. The van der Waals surface area contributed by atoms with Gasteiger partial charge in [-0.3, -0.25) is 4.90 Å². The number of thioether (sulfide) groups is 1. The second-order valence-electron chi connectivity index (χ2n) is 10.8. The smallest absolute Gasteiger partial charge is 0.319 e. The van der Waals surface area contributed by atoms with Crippen LogP contribution in [0.3, 0.4) is 0 Å². The monoisotopic (exact) mass is 486 g/mol. The molecule has 6 atom stereocenters. The average Bonchev–Trinajstić information content (AvgIpc) is 3.17. The SMILES string of the molecule is CC1NNC(N2C(=O)N(CC3CCCN(C)C3)C3CCC(S(=O)(=O)NC4(C)CC4)CC32)S1. The maximum atomic E-state index is 13.7. The fourth-order valence-corrected chi connectivity index (χ4v) is 8.95. The van der Waals surface area contributed by atoms with E-state index in [0.29, 0.717) is 18.8 Å². The molecule has 32 heavy (non-hydrogen) atoms. The molecule has 2 saturated carbocycles. The van der Waals surface area contributed by atoms with Gasteiger partial charge in [0.2, 0.25) is 10.0 Å². The Bertz CT molecular complexity index is 837. The van der Waals surface area contributed by atoms with Crippen LogP contribution in [0, 0.1) is 5.92 Å². The predicted molar refractivity (Wildman–Crippen MR) is 126 cm³/mol. The van der Waals surface area contributed by atoms with Crippen LogP contribution in [0.4, 0.5) is 4.79 Å². The van der Waals surface area contributed by atoms with Gasteiger partial charge in [-0.2, -0.15) is 0 Å². The van der Waals surface area contributed by atoms with Crippen molar-refractivity contribution < 1.29 is 13.2 Å². The zero-order valence-electron chi connectivity index (χ0n) is 19.4. The van der Waals surface area contributed by atoms with Crippen molar-refractivity contribution >= 4 is 27.8 Å². The Morgan fingerprint density at radius 1 is 1.19 bits per heavy atom. The molecule has 0 bridgehead atoms. The summed E-state index contributed by atoms with van der Waals surface area (Å²) in [5.74, 6) is 0.484. The van der Waals surface area contributed by atoms with Crippen molar-refractivity contribution in [1.29, 1.82) is 0 Å². The van der Waals surface area contributed by atoms with Gasteiger partial charge in [-0.1, -0.05) is 0 Å². The molecule has 0 aromatic rings. The highest BCUT2D eigenvalue weighted by molar-refractivity contribution is 8.00. The number of likely N-dealkylation sites (tertiary alicyclic amines) is 1. The lowest BCUT2D eigenvalue weighted by Crippen LogP contribution is -2.53. The Balaban J connectivity index is 1.35. The van der Waals surface area contributed by atoms with Crippen LogP contribution in [0.15, 0.2) is 0 Å². The summed E-state index contributed by atoms with van der Waals surface area (Å²) in [7, 11) is -1.24. The Morgan fingerprint density at radius 2 is 1.97 bits per heavy atom. The van der Waals surface area contributed by atoms with Crippen LogP contribution in [0.5, 0.6) is 0 Å². The average molecular weight is 487 g/mol. The normalized spacial score (nSPS) is 40.0. The minimum absolute atomic E-state index is 0.0642. The van der Waals surface area contributed by atoms with Crippen molar-refractivity contribution in [2.75, 3.05) is 26.7 Å². The van der Waals surface area contributed by atoms with Crippen LogP contribution < -0.4 is 15.6 Å². The Labute approximate surface area is 196 Å². The molecule has 9 nitrogen and oxygen atoms in total. The molecule has 11 heteroatoms. The second kappa shape index (κ2) is 8.57. The standard InChI is InChI=1S/C21H38N6O3S2/c1-14-22-23-19(31-14)27-18-11-16(32(29,30)24-21(2)8-9-21)6-7-17(18)26(20(27)28)13-15-5-4-10-25(3)12-15/h14-19,22-24H,4-13H2,1-3H3. The Hall–Kier alpha value is -0.590. The zero-order valence-corrected chi connectivity index (χ0v) is 21.1. The summed E-state index contributed by atoms with van der Waals surface area (Å²) in [5, 5.41) is -0.235. The van der Waals surface area contributed by atoms with Crippen LogP contribution in [-0.4, -0.2) is 89.6 Å². The molecular formula is C21H38N6O3S2. The minimum atomic E-state index is -3.40. The van der Waals surface area contributed by atoms with Gasteiger partial charge in [0, 0.05) is 18.6 Å². The lowest BCUT2D eigenvalue weighted by molar-refractivity contribution is 0.138. The Morgan fingerprint density at radius 3 is 2.62 bits per heavy atom. The first-order valence-electron chi connectivity index (χ1n) is 12.1. The van der Waals surface area contributed by atoms with Gasteiger partial charge < -0.3 is 9.80 Å². The molecule has 3 heterocycles. The third-order valence-corrected chi connectivity index (χ3v) is 11.2. The third-order valence-electron chi connectivity index (χ3n) is 7.96. The fraction of sp³-hybridized carbons (Fsp3) is 0.952. The molecule has 3 aliphatic heterocycles. The summed E-state index contributed by atoms with van der Waals surface area (Å²) in [4.78, 5) is 20.1. The van der Waals surface area contributed by atoms with E-state index in [0.717, 1.165) is 45.3 Å². The van der Waals surface area contributed by atoms with E-state index in [1.807, 2.05) is 11.8 Å². The van der Waals surface area contributed by atoms with Crippen molar-refractivity contribution in [2.45, 2.75) is 92.5 Å². The summed E-state index contributed by atoms with van der Waals surface area (Å²) in [6, 6.07) is 0.0774. The molecule has 5 fully saturated rings. The van der Waals surface area contributed by atoms with Crippen molar-refractivity contribution in [3.63, 3.8) is 0 Å². The van der Waals surface area contributed by atoms with Gasteiger partial charge >= 0.3 is 6.03 Å². The van der Waals surface area contributed by atoms with Gasteiger partial charge in [0.25, 0.3) is 0 Å². The van der Waals surface area contributed by atoms with Gasteiger partial charge in [0.1, 0.15) is 5.50 Å². The summed E-state index contributed by atoms with van der Waals surface area (Å²) in [6.07, 6.45) is 6.02. The number of carbonyl (C=O) groups excluding carboxylic acids is 1. The summed E-state index contributed by atoms with van der Waals surface area (Å²) in [5.41, 5.74) is 6.04. The number of carbonyl (C=O) groups is 1. The summed E-state index contributed by atoms with van der Waals surface area (Å²) >= 11 is 1.68. The molecule has 3 saturated heterocycles. The van der Waals surface area contributed by atoms with Crippen LogP contribution in [0.2, 0.25) is 0 Å². The van der Waals surface area contributed by atoms with Crippen molar-refractivity contribution in [1.82, 2.24) is 30.3 Å². The van der Waals surface area contributed by atoms with Crippen molar-refractivity contribution in [3.8, 4) is 0 Å². The number of hydrogen-bond donors (Lipinski definition) is 3. The number of sulfonamides is 1. The molecule has 3 N–H and O–H groups in total. The third kappa shape index (κ3) is 4.53. The van der Waals surface area contributed by atoms with Crippen molar-refractivity contribution in [2.24, 2.45) is 5.92 Å². The van der Waals surface area contributed by atoms with E-state index >= 15 is 0 Å². The molecule has 182 valence electrons. The predicted octanol–water partition coefficient (Wildman–Crippen LogP) is 1.30. The lowest BCUT2D eigenvalue weighted by Gasteiger charge is -2.38. The van der Waals surface area contributed by atoms with Gasteiger partial charge in [-0.25, -0.2) is 28.8 Å². The summed E-state index contributed by atoms with van der Waals surface area (Å²) in [6.45, 7) is 6.97. The number of rotatable bonds is 6. The summed E-state index contributed by atoms with van der Waals surface area (Å²) < 4.78 is 29.3. The van der Waals surface area contributed by atoms with Crippen LogP contribution in [0.25, 0.3) is 0 Å². The van der Waals surface area contributed by atoms with Gasteiger partial charge in [-0.05, 0) is 78.3 Å². The molecule has 0 spiro atoms. The minimum Gasteiger partial charge on any atom is -0.319 e. The van der Waals surface area contributed by atoms with Gasteiger partial charge in [0.15, 0.2) is 0 Å². The maximum Gasteiger partial charge on any atom is 0.322 e. The molecule has 5 aliphatic rings. The van der Waals surface area contributed by atoms with Crippen molar-refractivity contribution in [3.05, 3.63) is 0 Å². The van der Waals surface area contributed by atoms with Crippen LogP contribution in [0.1, 0.15) is 58.8 Å². The van der Waals surface area contributed by atoms with E-state index in [-0.39, 0.29) is 34.5 Å². The highest BCUT2D eigenvalue weighted by Gasteiger charge is 2.54. The number of urea groups is 1. The van der Waals surface area contributed by atoms with Crippen LogP contribution in [-0.2, 0) is 10.0 Å². The number of fused-ring (bicyclic) bond motifs is 1. The number of hydrazine groups is 1. The molecule has 6 unspecified atom stereocenters.